The summed E-state index contributed by atoms with van der Waals surface area (Å²) in [5.74, 6) is 1.80. The van der Waals surface area contributed by atoms with Gasteiger partial charge < -0.3 is 9.88 Å². The fourth-order valence-corrected chi connectivity index (χ4v) is 3.70. The van der Waals surface area contributed by atoms with Crippen LogP contribution in [-0.4, -0.2) is 21.1 Å². The highest BCUT2D eigenvalue weighted by Crippen LogP contribution is 2.25. The third-order valence-electron chi connectivity index (χ3n) is 3.74. The molecule has 1 atom stereocenters. The molecule has 0 radical (unpaired) electrons. The summed E-state index contributed by atoms with van der Waals surface area (Å²) in [7, 11) is 0. The van der Waals surface area contributed by atoms with E-state index in [1.807, 2.05) is 6.20 Å². The van der Waals surface area contributed by atoms with Crippen molar-refractivity contribution in [3.63, 3.8) is 0 Å². The van der Waals surface area contributed by atoms with E-state index < -0.39 is 0 Å². The Hall–Kier alpha value is -1.20. The summed E-state index contributed by atoms with van der Waals surface area (Å²) in [6, 6.07) is 0. The van der Waals surface area contributed by atoms with E-state index >= 15 is 0 Å². The Balaban J connectivity index is 1.58. The van der Waals surface area contributed by atoms with Crippen LogP contribution in [0, 0.1) is 13.8 Å². The first-order chi connectivity index (χ1) is 9.24. The van der Waals surface area contributed by atoms with E-state index in [9.17, 15) is 0 Å². The molecule has 4 nitrogen and oxygen atoms in total. The Labute approximate surface area is 117 Å². The normalized spacial score (nSPS) is 18.5. The average Bonchev–Trinajstić information content (AvgIpc) is 2.97. The molecule has 0 amide bonds. The summed E-state index contributed by atoms with van der Waals surface area (Å²) in [4.78, 5) is 10.3. The first-order valence-corrected chi connectivity index (χ1v) is 7.70. The third kappa shape index (κ3) is 2.72. The highest BCUT2D eigenvalue weighted by atomic mass is 32.1. The molecule has 3 rings (SSSR count). The van der Waals surface area contributed by atoms with E-state index in [0.717, 1.165) is 24.6 Å². The van der Waals surface area contributed by atoms with Crippen molar-refractivity contribution < 1.29 is 0 Å². The van der Waals surface area contributed by atoms with Gasteiger partial charge in [-0.15, -0.1) is 11.3 Å². The second kappa shape index (κ2) is 5.43. The lowest BCUT2D eigenvalue weighted by atomic mass is 9.99. The van der Waals surface area contributed by atoms with Crippen LogP contribution in [0.4, 0.5) is 0 Å². The number of aromatic nitrogens is 3. The smallest absolute Gasteiger partial charge is 0.113 e. The lowest BCUT2D eigenvalue weighted by Gasteiger charge is -2.23. The van der Waals surface area contributed by atoms with E-state index in [4.69, 9.17) is 0 Å². The molecule has 0 aromatic carbocycles. The number of hydrogen-bond acceptors (Lipinski definition) is 4. The maximum atomic E-state index is 4.50. The van der Waals surface area contributed by atoms with Crippen LogP contribution in [0.5, 0.6) is 0 Å². The Bertz CT molecular complexity index is 558. The van der Waals surface area contributed by atoms with Crippen LogP contribution in [-0.2, 0) is 13.1 Å². The minimum Gasteiger partial charge on any atom is -0.335 e. The van der Waals surface area contributed by atoms with Gasteiger partial charge in [-0.1, -0.05) is 0 Å². The van der Waals surface area contributed by atoms with E-state index in [1.54, 1.807) is 11.3 Å². The number of hydrogen-bond donors (Lipinski definition) is 1. The first kappa shape index (κ1) is 12.8. The predicted molar refractivity (Wildman–Crippen MR) is 77.5 cm³/mol. The Morgan fingerprint density at radius 3 is 3.16 bits per heavy atom. The summed E-state index contributed by atoms with van der Waals surface area (Å²) in [5, 5.41) is 4.73. The van der Waals surface area contributed by atoms with Crippen LogP contribution >= 0.6 is 11.3 Å². The Morgan fingerprint density at radius 1 is 1.47 bits per heavy atom. The van der Waals surface area contributed by atoms with Crippen LogP contribution in [0.1, 0.15) is 40.2 Å². The van der Waals surface area contributed by atoms with Gasteiger partial charge in [-0.05, 0) is 26.7 Å². The molecule has 0 fully saturated rings. The SMILES string of the molecule is Cc1nc(C)c(CNC[C@@H]2CCCn3ccnc32)s1. The molecule has 2 aromatic rings. The van der Waals surface area contributed by atoms with Crippen molar-refractivity contribution in [3.8, 4) is 0 Å². The van der Waals surface area contributed by atoms with Gasteiger partial charge in [0, 0.05) is 42.8 Å². The van der Waals surface area contributed by atoms with Crippen molar-refractivity contribution in [3.05, 3.63) is 33.8 Å². The van der Waals surface area contributed by atoms with E-state index in [1.165, 1.54) is 29.2 Å². The summed E-state index contributed by atoms with van der Waals surface area (Å²) < 4.78 is 2.29. The highest BCUT2D eigenvalue weighted by molar-refractivity contribution is 7.11. The van der Waals surface area contributed by atoms with Crippen molar-refractivity contribution in [2.45, 2.75) is 45.7 Å². The standard InChI is InChI=1S/C14H20N4S/c1-10-13(19-11(2)17-10)9-15-8-12-4-3-6-18-7-5-16-14(12)18/h5,7,12,15H,3-4,6,8-9H2,1-2H3/t12-/m0/s1. The fourth-order valence-electron chi connectivity index (χ4n) is 2.80. The van der Waals surface area contributed by atoms with Gasteiger partial charge in [0.05, 0.1) is 10.7 Å². The van der Waals surface area contributed by atoms with Crippen LogP contribution in [0.25, 0.3) is 0 Å². The minimum absolute atomic E-state index is 0.554. The fraction of sp³-hybridized carbons (Fsp3) is 0.571. The first-order valence-electron chi connectivity index (χ1n) is 6.88. The molecule has 1 N–H and O–H groups in total. The summed E-state index contributed by atoms with van der Waals surface area (Å²) in [6.45, 7) is 7.22. The van der Waals surface area contributed by atoms with Crippen LogP contribution in [0.3, 0.4) is 0 Å². The van der Waals surface area contributed by atoms with Gasteiger partial charge >= 0.3 is 0 Å². The number of thiazole rings is 1. The molecule has 0 spiro atoms. The zero-order valence-corrected chi connectivity index (χ0v) is 12.3. The summed E-state index contributed by atoms with van der Waals surface area (Å²) in [5.41, 5.74) is 1.17. The monoisotopic (exact) mass is 276 g/mol. The van der Waals surface area contributed by atoms with Gasteiger partial charge in [0.1, 0.15) is 5.82 Å². The molecular formula is C14H20N4S. The molecule has 1 aliphatic heterocycles. The van der Waals surface area contributed by atoms with Crippen LogP contribution in [0.15, 0.2) is 12.4 Å². The van der Waals surface area contributed by atoms with Crippen molar-refractivity contribution in [1.82, 2.24) is 19.9 Å². The van der Waals surface area contributed by atoms with Crippen molar-refractivity contribution in [2.75, 3.05) is 6.54 Å². The topological polar surface area (TPSA) is 42.7 Å². The molecule has 0 unspecified atom stereocenters. The Kier molecular flexibility index (Phi) is 3.66. The summed E-state index contributed by atoms with van der Waals surface area (Å²) >= 11 is 1.79. The zero-order valence-electron chi connectivity index (χ0n) is 11.5. The zero-order chi connectivity index (χ0) is 13.2. The number of rotatable bonds is 4. The molecular weight excluding hydrogens is 256 g/mol. The molecule has 0 aliphatic carbocycles. The lowest BCUT2D eigenvalue weighted by molar-refractivity contribution is 0.423. The van der Waals surface area contributed by atoms with Gasteiger partial charge in [-0.2, -0.15) is 0 Å². The molecule has 0 bridgehead atoms. The maximum Gasteiger partial charge on any atom is 0.113 e. The molecule has 5 heteroatoms. The Morgan fingerprint density at radius 2 is 2.37 bits per heavy atom. The van der Waals surface area contributed by atoms with E-state index in [0.29, 0.717) is 5.92 Å². The number of fused-ring (bicyclic) bond motifs is 1. The number of imidazole rings is 1. The second-order valence-corrected chi connectivity index (χ2v) is 6.48. The van der Waals surface area contributed by atoms with Crippen molar-refractivity contribution >= 4 is 11.3 Å². The number of aryl methyl sites for hydroxylation is 3. The van der Waals surface area contributed by atoms with Gasteiger partial charge in [-0.3, -0.25) is 0 Å². The average molecular weight is 276 g/mol. The molecule has 3 heterocycles. The van der Waals surface area contributed by atoms with Gasteiger partial charge in [0.25, 0.3) is 0 Å². The maximum absolute atomic E-state index is 4.50. The molecule has 0 saturated carbocycles. The quantitative estimate of drug-likeness (QED) is 0.933. The van der Waals surface area contributed by atoms with Gasteiger partial charge in [-0.25, -0.2) is 9.97 Å². The molecule has 1 aliphatic rings. The molecule has 19 heavy (non-hydrogen) atoms. The van der Waals surface area contributed by atoms with E-state index in [-0.39, 0.29) is 0 Å². The molecule has 102 valence electrons. The van der Waals surface area contributed by atoms with Crippen molar-refractivity contribution in [2.24, 2.45) is 0 Å². The van der Waals surface area contributed by atoms with Gasteiger partial charge in [0.15, 0.2) is 0 Å². The largest absolute Gasteiger partial charge is 0.335 e. The molecule has 0 saturated heterocycles. The highest BCUT2D eigenvalue weighted by Gasteiger charge is 2.20. The predicted octanol–water partition coefficient (Wildman–Crippen LogP) is 2.62. The second-order valence-electron chi connectivity index (χ2n) is 5.19. The minimum atomic E-state index is 0.554. The summed E-state index contributed by atoms with van der Waals surface area (Å²) in [6.07, 6.45) is 6.52. The van der Waals surface area contributed by atoms with Gasteiger partial charge in [0.2, 0.25) is 0 Å². The van der Waals surface area contributed by atoms with Crippen molar-refractivity contribution in [1.29, 1.82) is 0 Å². The van der Waals surface area contributed by atoms with Crippen LogP contribution < -0.4 is 5.32 Å². The third-order valence-corrected chi connectivity index (χ3v) is 4.81. The lowest BCUT2D eigenvalue weighted by Crippen LogP contribution is -2.26. The van der Waals surface area contributed by atoms with Crippen LogP contribution in [0.2, 0.25) is 0 Å². The van der Waals surface area contributed by atoms with E-state index in [2.05, 4.69) is 39.9 Å². The molecule has 2 aromatic heterocycles. The number of nitrogens with zero attached hydrogens (tertiary/aromatic N) is 3. The number of nitrogens with one attached hydrogen (secondary N) is 1.